The van der Waals surface area contributed by atoms with Gasteiger partial charge in [-0.05, 0) is 23.6 Å². The van der Waals surface area contributed by atoms with Crippen molar-refractivity contribution in [3.63, 3.8) is 0 Å². The van der Waals surface area contributed by atoms with Gasteiger partial charge in [0, 0.05) is 6.20 Å². The van der Waals surface area contributed by atoms with Crippen LogP contribution in [0, 0.1) is 0 Å². The number of carbonyl (C=O) groups is 1. The number of aromatic carboxylic acids is 1. The molecule has 0 atom stereocenters. The van der Waals surface area contributed by atoms with Crippen LogP contribution in [0.5, 0.6) is 5.75 Å². The summed E-state index contributed by atoms with van der Waals surface area (Å²) in [6, 6.07) is 6.98. The first-order valence-corrected chi connectivity index (χ1v) is 6.91. The van der Waals surface area contributed by atoms with E-state index in [1.165, 1.54) is 23.8 Å². The first-order chi connectivity index (χ1) is 10.2. The SMILES string of the molecule is O=C(O)c1ncccc1OCc1coc(-c2cccs2)n1. The first-order valence-electron chi connectivity index (χ1n) is 6.03. The van der Waals surface area contributed by atoms with Gasteiger partial charge in [0.25, 0.3) is 0 Å². The summed E-state index contributed by atoms with van der Waals surface area (Å²) in [4.78, 5) is 20.0. The van der Waals surface area contributed by atoms with Crippen LogP contribution in [0.3, 0.4) is 0 Å². The molecule has 0 spiro atoms. The van der Waals surface area contributed by atoms with E-state index in [0.717, 1.165) is 4.88 Å². The largest absolute Gasteiger partial charge is 0.485 e. The van der Waals surface area contributed by atoms with Crippen molar-refractivity contribution in [2.24, 2.45) is 0 Å². The van der Waals surface area contributed by atoms with E-state index >= 15 is 0 Å². The quantitative estimate of drug-likeness (QED) is 0.779. The molecular formula is C14H10N2O4S. The van der Waals surface area contributed by atoms with Crippen LogP contribution >= 0.6 is 11.3 Å². The van der Waals surface area contributed by atoms with Crippen molar-refractivity contribution in [3.8, 4) is 16.5 Å². The van der Waals surface area contributed by atoms with Crippen molar-refractivity contribution in [2.75, 3.05) is 0 Å². The standard InChI is InChI=1S/C14H10N2O4S/c17-14(18)12-10(3-1-5-15-12)19-7-9-8-20-13(16-9)11-4-2-6-21-11/h1-6,8H,7H2,(H,17,18). The fourth-order valence-corrected chi connectivity index (χ4v) is 2.36. The van der Waals surface area contributed by atoms with Gasteiger partial charge in [0.2, 0.25) is 5.89 Å². The molecule has 0 bridgehead atoms. The number of ether oxygens (including phenoxy) is 1. The molecule has 1 N–H and O–H groups in total. The number of rotatable bonds is 5. The molecule has 0 aliphatic heterocycles. The molecule has 6 nitrogen and oxygen atoms in total. The third kappa shape index (κ3) is 2.92. The molecular weight excluding hydrogens is 292 g/mol. The summed E-state index contributed by atoms with van der Waals surface area (Å²) in [7, 11) is 0. The Balaban J connectivity index is 1.73. The van der Waals surface area contributed by atoms with Crippen molar-refractivity contribution in [1.29, 1.82) is 0 Å². The molecule has 106 valence electrons. The van der Waals surface area contributed by atoms with E-state index in [2.05, 4.69) is 9.97 Å². The summed E-state index contributed by atoms with van der Waals surface area (Å²) in [5.74, 6) is -0.413. The summed E-state index contributed by atoms with van der Waals surface area (Å²) in [5, 5.41) is 11.0. The van der Waals surface area contributed by atoms with E-state index < -0.39 is 5.97 Å². The molecule has 3 aromatic heterocycles. The van der Waals surface area contributed by atoms with Crippen molar-refractivity contribution in [1.82, 2.24) is 9.97 Å². The number of carboxylic acids is 1. The molecule has 3 heterocycles. The van der Waals surface area contributed by atoms with Gasteiger partial charge in [-0.25, -0.2) is 14.8 Å². The molecule has 7 heteroatoms. The molecule has 0 aromatic carbocycles. The fourth-order valence-electron chi connectivity index (χ4n) is 1.71. The first kappa shape index (κ1) is 13.3. The van der Waals surface area contributed by atoms with Crippen LogP contribution in [0.4, 0.5) is 0 Å². The summed E-state index contributed by atoms with van der Waals surface area (Å²) < 4.78 is 10.8. The zero-order chi connectivity index (χ0) is 14.7. The van der Waals surface area contributed by atoms with E-state index in [9.17, 15) is 4.79 Å². The fraction of sp³-hybridized carbons (Fsp3) is 0.0714. The number of aromatic nitrogens is 2. The molecule has 3 rings (SSSR count). The second-order valence-electron chi connectivity index (χ2n) is 4.07. The molecule has 21 heavy (non-hydrogen) atoms. The van der Waals surface area contributed by atoms with E-state index in [4.69, 9.17) is 14.3 Å². The van der Waals surface area contributed by atoms with E-state index in [0.29, 0.717) is 11.6 Å². The molecule has 0 unspecified atom stereocenters. The van der Waals surface area contributed by atoms with Gasteiger partial charge in [0.05, 0.1) is 4.88 Å². The minimum atomic E-state index is -1.13. The lowest BCUT2D eigenvalue weighted by molar-refractivity contribution is 0.0684. The topological polar surface area (TPSA) is 85.5 Å². The average molecular weight is 302 g/mol. The zero-order valence-electron chi connectivity index (χ0n) is 10.7. The average Bonchev–Trinajstić information content (AvgIpc) is 3.16. The van der Waals surface area contributed by atoms with Gasteiger partial charge in [-0.15, -0.1) is 11.3 Å². The number of hydrogen-bond donors (Lipinski definition) is 1. The predicted octanol–water partition coefficient (Wildman–Crippen LogP) is 3.08. The molecule has 3 aromatic rings. The molecule has 0 aliphatic carbocycles. The second-order valence-corrected chi connectivity index (χ2v) is 5.01. The highest BCUT2D eigenvalue weighted by atomic mass is 32.1. The Labute approximate surface area is 123 Å². The van der Waals surface area contributed by atoms with Crippen LogP contribution < -0.4 is 4.74 Å². The van der Waals surface area contributed by atoms with Crippen molar-refractivity contribution >= 4 is 17.3 Å². The van der Waals surface area contributed by atoms with Crippen molar-refractivity contribution in [2.45, 2.75) is 6.61 Å². The molecule has 0 amide bonds. The Morgan fingerprint density at radius 1 is 1.38 bits per heavy atom. The Bertz CT molecular complexity index is 752. The third-order valence-electron chi connectivity index (χ3n) is 2.63. The Hall–Kier alpha value is -2.67. The molecule has 0 fully saturated rings. The predicted molar refractivity (Wildman–Crippen MR) is 75.3 cm³/mol. The van der Waals surface area contributed by atoms with Crippen LogP contribution in [-0.2, 0) is 6.61 Å². The van der Waals surface area contributed by atoms with Crippen molar-refractivity contribution in [3.05, 3.63) is 53.5 Å². The van der Waals surface area contributed by atoms with Gasteiger partial charge in [-0.1, -0.05) is 6.07 Å². The number of hydrogen-bond acceptors (Lipinski definition) is 6. The summed E-state index contributed by atoms with van der Waals surface area (Å²) >= 11 is 1.53. The maximum absolute atomic E-state index is 11.0. The Morgan fingerprint density at radius 3 is 3.05 bits per heavy atom. The monoisotopic (exact) mass is 302 g/mol. The molecule has 0 radical (unpaired) electrons. The highest BCUT2D eigenvalue weighted by molar-refractivity contribution is 7.13. The minimum absolute atomic E-state index is 0.112. The lowest BCUT2D eigenvalue weighted by atomic mass is 10.3. The number of oxazole rings is 1. The number of nitrogens with zero attached hydrogens (tertiary/aromatic N) is 2. The second kappa shape index (κ2) is 5.76. The van der Waals surface area contributed by atoms with Gasteiger partial charge in [-0.2, -0.15) is 0 Å². The maximum atomic E-state index is 11.0. The highest BCUT2D eigenvalue weighted by Crippen LogP contribution is 2.24. The van der Waals surface area contributed by atoms with Gasteiger partial charge >= 0.3 is 5.97 Å². The normalized spacial score (nSPS) is 10.5. The lowest BCUT2D eigenvalue weighted by Gasteiger charge is -2.05. The van der Waals surface area contributed by atoms with Crippen LogP contribution in [0.25, 0.3) is 10.8 Å². The Kier molecular flexibility index (Phi) is 3.65. The maximum Gasteiger partial charge on any atom is 0.358 e. The smallest absolute Gasteiger partial charge is 0.358 e. The van der Waals surface area contributed by atoms with Crippen LogP contribution in [-0.4, -0.2) is 21.0 Å². The highest BCUT2D eigenvalue weighted by Gasteiger charge is 2.13. The molecule has 0 aliphatic rings. The van der Waals surface area contributed by atoms with Gasteiger partial charge in [0.1, 0.15) is 18.6 Å². The lowest BCUT2D eigenvalue weighted by Crippen LogP contribution is -2.05. The van der Waals surface area contributed by atoms with Crippen LogP contribution in [0.1, 0.15) is 16.2 Å². The minimum Gasteiger partial charge on any atom is -0.485 e. The number of pyridine rings is 1. The molecule has 0 saturated heterocycles. The summed E-state index contributed by atoms with van der Waals surface area (Å²) in [6.45, 7) is 0.112. The summed E-state index contributed by atoms with van der Waals surface area (Å²) in [5.41, 5.74) is 0.457. The number of thiophene rings is 1. The van der Waals surface area contributed by atoms with E-state index in [1.54, 1.807) is 12.1 Å². The van der Waals surface area contributed by atoms with Crippen LogP contribution in [0.15, 0.2) is 46.5 Å². The van der Waals surface area contributed by atoms with Crippen molar-refractivity contribution < 1.29 is 19.1 Å². The third-order valence-corrected chi connectivity index (χ3v) is 3.49. The summed E-state index contributed by atoms with van der Waals surface area (Å²) in [6.07, 6.45) is 2.90. The van der Waals surface area contributed by atoms with Gasteiger partial charge in [-0.3, -0.25) is 0 Å². The number of carboxylic acid groups (broad SMARTS) is 1. The van der Waals surface area contributed by atoms with Gasteiger partial charge < -0.3 is 14.3 Å². The zero-order valence-corrected chi connectivity index (χ0v) is 11.5. The molecule has 0 saturated carbocycles. The van der Waals surface area contributed by atoms with Crippen LogP contribution in [0.2, 0.25) is 0 Å². The van der Waals surface area contributed by atoms with E-state index in [-0.39, 0.29) is 18.1 Å². The van der Waals surface area contributed by atoms with E-state index in [1.807, 2.05) is 17.5 Å². The Morgan fingerprint density at radius 2 is 2.29 bits per heavy atom. The van der Waals surface area contributed by atoms with Gasteiger partial charge in [0.15, 0.2) is 11.4 Å².